The molecule has 0 saturated heterocycles. The number of hydrogen-bond donors (Lipinski definition) is 1. The van der Waals surface area contributed by atoms with Crippen molar-refractivity contribution in [3.8, 4) is 11.7 Å². The monoisotopic (exact) mass is 419 g/mol. The van der Waals surface area contributed by atoms with Crippen molar-refractivity contribution in [2.24, 2.45) is 0 Å². The Labute approximate surface area is 168 Å². The predicted molar refractivity (Wildman–Crippen MR) is 104 cm³/mol. The quantitative estimate of drug-likeness (QED) is 0.455. The fourth-order valence-electron chi connectivity index (χ4n) is 2.97. The van der Waals surface area contributed by atoms with E-state index in [2.05, 4.69) is 15.5 Å². The van der Waals surface area contributed by atoms with E-state index in [-0.39, 0.29) is 28.7 Å². The van der Waals surface area contributed by atoms with Gasteiger partial charge < -0.3 is 18.9 Å². The molecule has 0 radical (unpaired) electrons. The van der Waals surface area contributed by atoms with Gasteiger partial charge in [-0.05, 0) is 43.9 Å². The Hall–Kier alpha value is -2.59. The highest BCUT2D eigenvalue weighted by atomic mass is 32.2. The van der Waals surface area contributed by atoms with Gasteiger partial charge in [-0.2, -0.15) is 0 Å². The maximum Gasteiger partial charge on any atom is 0.341 e. The second-order valence-corrected chi connectivity index (χ2v) is 8.00. The third-order valence-electron chi connectivity index (χ3n) is 4.12. The standard InChI is InChI=1S/C18H17N3O5S2/c1-2-24-17(23)14-10-5-3-7-12(10)28-16(14)19-13(22)9-27-18-21-20-15(26-18)11-6-4-8-25-11/h4,6,8H,2-3,5,7,9H2,1H3,(H,19,22). The number of hydrogen-bond acceptors (Lipinski definition) is 9. The van der Waals surface area contributed by atoms with E-state index in [9.17, 15) is 9.59 Å². The van der Waals surface area contributed by atoms with Gasteiger partial charge in [-0.15, -0.1) is 21.5 Å². The van der Waals surface area contributed by atoms with Crippen LogP contribution in [0.4, 0.5) is 5.00 Å². The van der Waals surface area contributed by atoms with Gasteiger partial charge in [0.1, 0.15) is 5.00 Å². The highest BCUT2D eigenvalue weighted by Gasteiger charge is 2.28. The third kappa shape index (κ3) is 3.83. The number of rotatable bonds is 7. The van der Waals surface area contributed by atoms with Crippen molar-refractivity contribution < 1.29 is 23.2 Å². The van der Waals surface area contributed by atoms with Crippen LogP contribution < -0.4 is 5.32 Å². The van der Waals surface area contributed by atoms with Crippen LogP contribution in [0.25, 0.3) is 11.7 Å². The number of furan rings is 1. The van der Waals surface area contributed by atoms with Gasteiger partial charge in [-0.1, -0.05) is 11.8 Å². The van der Waals surface area contributed by atoms with E-state index in [1.54, 1.807) is 19.1 Å². The fourth-order valence-corrected chi connectivity index (χ4v) is 4.83. The first-order valence-corrected chi connectivity index (χ1v) is 10.6. The first-order valence-electron chi connectivity index (χ1n) is 8.77. The van der Waals surface area contributed by atoms with Gasteiger partial charge in [0.15, 0.2) is 5.76 Å². The van der Waals surface area contributed by atoms with Gasteiger partial charge in [0.25, 0.3) is 11.1 Å². The van der Waals surface area contributed by atoms with Crippen LogP contribution in [0.1, 0.15) is 34.1 Å². The number of fused-ring (bicyclic) bond motifs is 1. The van der Waals surface area contributed by atoms with Gasteiger partial charge in [-0.3, -0.25) is 4.79 Å². The zero-order valence-electron chi connectivity index (χ0n) is 15.0. The molecule has 0 fully saturated rings. The number of amides is 1. The number of thiophene rings is 1. The van der Waals surface area contributed by atoms with Crippen LogP contribution in [-0.4, -0.2) is 34.4 Å². The highest BCUT2D eigenvalue weighted by Crippen LogP contribution is 2.39. The predicted octanol–water partition coefficient (Wildman–Crippen LogP) is 3.79. The van der Waals surface area contributed by atoms with Gasteiger partial charge in [-0.25, -0.2) is 4.79 Å². The molecule has 3 heterocycles. The lowest BCUT2D eigenvalue weighted by atomic mass is 10.1. The third-order valence-corrected chi connectivity index (χ3v) is 6.14. The van der Waals surface area contributed by atoms with Gasteiger partial charge in [0.2, 0.25) is 5.91 Å². The van der Waals surface area contributed by atoms with E-state index in [0.29, 0.717) is 22.9 Å². The molecule has 1 aliphatic rings. The number of thioether (sulfide) groups is 1. The molecule has 0 unspecified atom stereocenters. The molecule has 4 rings (SSSR count). The Morgan fingerprint density at radius 1 is 1.36 bits per heavy atom. The summed E-state index contributed by atoms with van der Waals surface area (Å²) < 4.78 is 15.8. The summed E-state index contributed by atoms with van der Waals surface area (Å²) in [6.45, 7) is 2.06. The van der Waals surface area contributed by atoms with Crippen LogP contribution in [0.2, 0.25) is 0 Å². The summed E-state index contributed by atoms with van der Waals surface area (Å²) in [6.07, 6.45) is 4.29. The summed E-state index contributed by atoms with van der Waals surface area (Å²) in [4.78, 5) is 25.9. The minimum Gasteiger partial charge on any atom is -0.462 e. The molecule has 0 bridgehead atoms. The van der Waals surface area contributed by atoms with Crippen molar-refractivity contribution in [3.63, 3.8) is 0 Å². The molecule has 3 aromatic rings. The largest absolute Gasteiger partial charge is 0.462 e. The smallest absolute Gasteiger partial charge is 0.341 e. The molecule has 10 heteroatoms. The number of anilines is 1. The zero-order valence-corrected chi connectivity index (χ0v) is 16.7. The summed E-state index contributed by atoms with van der Waals surface area (Å²) in [7, 11) is 0. The Morgan fingerprint density at radius 2 is 2.25 bits per heavy atom. The lowest BCUT2D eigenvalue weighted by Gasteiger charge is -2.07. The Bertz CT molecular complexity index is 993. The summed E-state index contributed by atoms with van der Waals surface area (Å²) in [5.41, 5.74) is 1.50. The van der Waals surface area contributed by atoms with E-state index < -0.39 is 0 Å². The van der Waals surface area contributed by atoms with Crippen LogP contribution in [0.3, 0.4) is 0 Å². The zero-order chi connectivity index (χ0) is 19.5. The highest BCUT2D eigenvalue weighted by molar-refractivity contribution is 7.99. The first-order chi connectivity index (χ1) is 13.7. The van der Waals surface area contributed by atoms with Crippen LogP contribution in [-0.2, 0) is 22.4 Å². The molecule has 0 spiro atoms. The summed E-state index contributed by atoms with van der Waals surface area (Å²) in [6, 6.07) is 3.43. The minimum atomic E-state index is -0.384. The molecule has 3 aromatic heterocycles. The van der Waals surface area contributed by atoms with Crippen LogP contribution >= 0.6 is 23.1 Å². The second kappa shape index (κ2) is 8.19. The number of nitrogens with zero attached hydrogens (tertiary/aromatic N) is 2. The number of carbonyl (C=O) groups excluding carboxylic acids is 2. The molecule has 0 saturated carbocycles. The number of aryl methyl sites for hydroxylation is 1. The molecular weight excluding hydrogens is 402 g/mol. The van der Waals surface area contributed by atoms with Gasteiger partial charge in [0.05, 0.1) is 24.2 Å². The maximum absolute atomic E-state index is 12.4. The van der Waals surface area contributed by atoms with E-state index >= 15 is 0 Å². The van der Waals surface area contributed by atoms with E-state index in [4.69, 9.17) is 13.6 Å². The van der Waals surface area contributed by atoms with Gasteiger partial charge >= 0.3 is 5.97 Å². The number of carbonyl (C=O) groups is 2. The number of nitrogens with one attached hydrogen (secondary N) is 1. The Kier molecular flexibility index (Phi) is 5.49. The Balaban J connectivity index is 1.41. The molecular formula is C18H17N3O5S2. The molecule has 28 heavy (non-hydrogen) atoms. The number of aromatic nitrogens is 2. The van der Waals surface area contributed by atoms with Crippen molar-refractivity contribution in [2.75, 3.05) is 17.7 Å². The lowest BCUT2D eigenvalue weighted by molar-refractivity contribution is -0.113. The molecule has 8 nitrogen and oxygen atoms in total. The van der Waals surface area contributed by atoms with Crippen molar-refractivity contribution in [2.45, 2.75) is 31.4 Å². The van der Waals surface area contributed by atoms with Crippen molar-refractivity contribution in [3.05, 3.63) is 34.4 Å². The second-order valence-electron chi connectivity index (χ2n) is 5.97. The van der Waals surface area contributed by atoms with Gasteiger partial charge in [0, 0.05) is 4.88 Å². The molecule has 0 aliphatic heterocycles. The van der Waals surface area contributed by atoms with E-state index in [1.807, 2.05) is 0 Å². The molecule has 146 valence electrons. The summed E-state index contributed by atoms with van der Waals surface area (Å²) in [5.74, 6) is 0.159. The van der Waals surface area contributed by atoms with Crippen molar-refractivity contribution >= 4 is 40.0 Å². The normalized spacial score (nSPS) is 12.8. The van der Waals surface area contributed by atoms with E-state index in [1.165, 1.54) is 17.6 Å². The minimum absolute atomic E-state index is 0.0740. The average Bonchev–Trinajstić information content (AvgIpc) is 3.43. The number of ether oxygens (including phenoxy) is 1. The SMILES string of the molecule is CCOC(=O)c1c(NC(=O)CSc2nnc(-c3ccco3)o2)sc2c1CCC2. The molecule has 1 N–H and O–H groups in total. The topological polar surface area (TPSA) is 107 Å². The fraction of sp³-hybridized carbons (Fsp3) is 0.333. The molecule has 1 aliphatic carbocycles. The molecule has 0 aromatic carbocycles. The number of esters is 1. The van der Waals surface area contributed by atoms with Crippen LogP contribution in [0, 0.1) is 0 Å². The summed E-state index contributed by atoms with van der Waals surface area (Å²) in [5, 5.41) is 11.4. The van der Waals surface area contributed by atoms with Crippen LogP contribution in [0.15, 0.2) is 32.5 Å². The summed E-state index contributed by atoms with van der Waals surface area (Å²) >= 11 is 2.56. The van der Waals surface area contributed by atoms with Crippen LogP contribution in [0.5, 0.6) is 0 Å². The molecule has 0 atom stereocenters. The average molecular weight is 419 g/mol. The lowest BCUT2D eigenvalue weighted by Crippen LogP contribution is -2.16. The van der Waals surface area contributed by atoms with Crippen molar-refractivity contribution in [1.82, 2.24) is 10.2 Å². The first kappa shape index (κ1) is 18.8. The van der Waals surface area contributed by atoms with Crippen molar-refractivity contribution in [1.29, 1.82) is 0 Å². The Morgan fingerprint density at radius 3 is 3.04 bits per heavy atom. The van der Waals surface area contributed by atoms with E-state index in [0.717, 1.165) is 41.5 Å². The molecule has 1 amide bonds. The maximum atomic E-state index is 12.4.